The van der Waals surface area contributed by atoms with Crippen LogP contribution in [0.5, 0.6) is 0 Å². The first-order valence-corrected chi connectivity index (χ1v) is 13.5. The number of hydrogen-bond acceptors (Lipinski definition) is 15. The fourth-order valence-electron chi connectivity index (χ4n) is 4.64. The summed E-state index contributed by atoms with van der Waals surface area (Å²) >= 11 is 0. The van der Waals surface area contributed by atoms with Crippen LogP contribution >= 0.6 is 7.82 Å². The van der Waals surface area contributed by atoms with Gasteiger partial charge in [-0.15, -0.1) is 0 Å². The molecule has 5 rings (SSSR count). The molecule has 7 unspecified atom stereocenters. The average Bonchev–Trinajstić information content (AvgIpc) is 3.60. The van der Waals surface area contributed by atoms with Crippen molar-refractivity contribution in [2.75, 3.05) is 38.9 Å². The first-order valence-electron chi connectivity index (χ1n) is 12.0. The Kier molecular flexibility index (Phi) is 7.98. The number of anilines is 2. The Bertz CT molecular complexity index is 1530. The first-order chi connectivity index (χ1) is 19.1. The Balaban J connectivity index is 1.25. The highest BCUT2D eigenvalue weighted by atomic mass is 31.2. The van der Waals surface area contributed by atoms with E-state index in [4.69, 9.17) is 39.5 Å². The number of aromatic nitrogens is 7. The quantitative estimate of drug-likeness (QED) is 0.201. The highest BCUT2D eigenvalue weighted by molar-refractivity contribution is 7.47. The smallest absolute Gasteiger partial charge is 0.382 e. The van der Waals surface area contributed by atoms with Crippen LogP contribution in [0.4, 0.5) is 11.9 Å². The normalized spacial score (nSPS) is 28.3. The summed E-state index contributed by atoms with van der Waals surface area (Å²) < 4.78 is 48.6. The van der Waals surface area contributed by atoms with Gasteiger partial charge in [-0.3, -0.25) is 28.0 Å². The number of fused-ring (bicyclic) bond motifs is 1. The zero-order valence-electron chi connectivity index (χ0n) is 21.4. The minimum Gasteiger partial charge on any atom is -0.382 e. The second-order valence-electron chi connectivity index (χ2n) is 9.05. The van der Waals surface area contributed by atoms with Crippen molar-refractivity contribution >= 4 is 30.9 Å². The van der Waals surface area contributed by atoms with Crippen LogP contribution in [0.2, 0.25) is 0 Å². The summed E-state index contributed by atoms with van der Waals surface area (Å²) in [6.07, 6.45) is -1.83. The van der Waals surface area contributed by atoms with Crippen molar-refractivity contribution in [2.45, 2.75) is 49.7 Å². The molecule has 20 heteroatoms. The van der Waals surface area contributed by atoms with Gasteiger partial charge >= 0.3 is 13.5 Å². The van der Waals surface area contributed by atoms with Crippen molar-refractivity contribution in [1.29, 1.82) is 0 Å². The minimum absolute atomic E-state index is 0.000780. The monoisotopic (exact) mass is 585 g/mol. The summed E-state index contributed by atoms with van der Waals surface area (Å²) in [5.74, 6) is -0.285. The standard InChI is InChI=1S/C20H28N9O10P/c1-34-5-11-10(4-14(37-11)29-8-24-18(21)27-20(29)31)39-40(32,33)36-6-12-9(35-2)3-13(38-12)28-7-23-15-16(28)25-19(22)26-17(15)30/h7-14H,3-6H2,1-2H3,(H,32,33)(H2,21,27,31)(H3,22,25,26,30). The Morgan fingerprint density at radius 1 is 1.05 bits per heavy atom. The number of phosphoric ester groups is 1. The molecule has 0 aromatic carbocycles. The number of nitrogens with one attached hydrogen (secondary N) is 1. The molecular formula is C20H28N9O10P. The molecule has 0 radical (unpaired) electrons. The summed E-state index contributed by atoms with van der Waals surface area (Å²) in [5, 5.41) is 0. The van der Waals surface area contributed by atoms with Gasteiger partial charge in [0.05, 0.1) is 25.6 Å². The van der Waals surface area contributed by atoms with E-state index in [2.05, 4.69) is 24.9 Å². The summed E-state index contributed by atoms with van der Waals surface area (Å²) in [6, 6.07) is 0. The number of hydrogen-bond donors (Lipinski definition) is 4. The highest BCUT2D eigenvalue weighted by Gasteiger charge is 2.44. The number of phosphoric acid groups is 1. The Hall–Kier alpha value is -3.29. The van der Waals surface area contributed by atoms with Gasteiger partial charge in [0.25, 0.3) is 5.56 Å². The zero-order chi connectivity index (χ0) is 28.6. The van der Waals surface area contributed by atoms with Crippen LogP contribution in [0.15, 0.2) is 22.2 Å². The Labute approximate surface area is 225 Å². The van der Waals surface area contributed by atoms with Crippen molar-refractivity contribution in [3.05, 3.63) is 33.5 Å². The van der Waals surface area contributed by atoms with Gasteiger partial charge in [-0.2, -0.15) is 9.97 Å². The number of rotatable bonds is 10. The summed E-state index contributed by atoms with van der Waals surface area (Å²) in [7, 11) is -1.79. The largest absolute Gasteiger partial charge is 0.472 e. The molecule has 3 aromatic heterocycles. The van der Waals surface area contributed by atoms with Crippen molar-refractivity contribution < 1.29 is 37.5 Å². The van der Waals surface area contributed by atoms with E-state index >= 15 is 0 Å². The van der Waals surface area contributed by atoms with E-state index in [1.165, 1.54) is 31.4 Å². The second kappa shape index (κ2) is 11.3. The van der Waals surface area contributed by atoms with E-state index in [1.54, 1.807) is 0 Å². The molecule has 0 amide bonds. The number of imidazole rings is 1. The van der Waals surface area contributed by atoms with Crippen LogP contribution in [0.1, 0.15) is 25.3 Å². The lowest BCUT2D eigenvalue weighted by Gasteiger charge is -2.23. The minimum atomic E-state index is -4.67. The number of nitrogens with zero attached hydrogens (tertiary/aromatic N) is 6. The molecule has 6 N–H and O–H groups in total. The van der Waals surface area contributed by atoms with Gasteiger partial charge < -0.3 is 35.3 Å². The van der Waals surface area contributed by atoms with Gasteiger partial charge in [0.2, 0.25) is 11.9 Å². The van der Waals surface area contributed by atoms with Gasteiger partial charge in [0.15, 0.2) is 11.2 Å². The molecule has 3 aromatic rings. The highest BCUT2D eigenvalue weighted by Crippen LogP contribution is 2.49. The molecule has 7 atom stereocenters. The van der Waals surface area contributed by atoms with Gasteiger partial charge in [-0.1, -0.05) is 0 Å². The lowest BCUT2D eigenvalue weighted by atomic mass is 10.2. The van der Waals surface area contributed by atoms with Crippen LogP contribution in [0.25, 0.3) is 11.2 Å². The van der Waals surface area contributed by atoms with Crippen molar-refractivity contribution in [3.8, 4) is 0 Å². The molecule has 2 saturated heterocycles. The van der Waals surface area contributed by atoms with Crippen LogP contribution in [-0.4, -0.2) is 90.8 Å². The molecule has 2 aliphatic rings. The van der Waals surface area contributed by atoms with E-state index < -0.39 is 55.9 Å². The maximum Gasteiger partial charge on any atom is 0.472 e. The van der Waals surface area contributed by atoms with Crippen molar-refractivity contribution in [1.82, 2.24) is 34.1 Å². The molecule has 0 spiro atoms. The topological polar surface area (TPSA) is 256 Å². The number of methoxy groups -OCH3 is 2. The lowest BCUT2D eigenvalue weighted by molar-refractivity contribution is -0.0642. The summed E-state index contributed by atoms with van der Waals surface area (Å²) in [4.78, 5) is 52.7. The fourth-order valence-corrected chi connectivity index (χ4v) is 5.60. The van der Waals surface area contributed by atoms with E-state index in [-0.39, 0.29) is 42.7 Å². The third kappa shape index (κ3) is 5.77. The van der Waals surface area contributed by atoms with E-state index in [0.717, 1.165) is 4.57 Å². The first kappa shape index (κ1) is 28.2. The summed E-state index contributed by atoms with van der Waals surface area (Å²) in [5.41, 5.74) is 10.2. The maximum absolute atomic E-state index is 12.9. The van der Waals surface area contributed by atoms with Crippen LogP contribution < -0.4 is 22.7 Å². The van der Waals surface area contributed by atoms with Crippen molar-refractivity contribution in [2.24, 2.45) is 0 Å². The molecule has 19 nitrogen and oxygen atoms in total. The molecule has 0 aliphatic carbocycles. The van der Waals surface area contributed by atoms with E-state index in [0.29, 0.717) is 6.42 Å². The average molecular weight is 585 g/mol. The molecule has 2 aliphatic heterocycles. The number of nitrogen functional groups attached to an aromatic ring is 2. The second-order valence-corrected chi connectivity index (χ2v) is 10.5. The van der Waals surface area contributed by atoms with Gasteiger partial charge in [0, 0.05) is 27.1 Å². The maximum atomic E-state index is 12.9. The van der Waals surface area contributed by atoms with E-state index in [9.17, 15) is 19.0 Å². The molecule has 5 heterocycles. The molecule has 0 bridgehead atoms. The third-order valence-corrected chi connectivity index (χ3v) is 7.49. The number of ether oxygens (including phenoxy) is 4. The van der Waals surface area contributed by atoms with Crippen LogP contribution in [0, 0.1) is 0 Å². The third-order valence-electron chi connectivity index (χ3n) is 6.48. The number of aromatic amines is 1. The Morgan fingerprint density at radius 2 is 1.73 bits per heavy atom. The predicted molar refractivity (Wildman–Crippen MR) is 134 cm³/mol. The number of H-pyrrole nitrogens is 1. The van der Waals surface area contributed by atoms with E-state index in [1.807, 2.05) is 0 Å². The van der Waals surface area contributed by atoms with Crippen molar-refractivity contribution in [3.63, 3.8) is 0 Å². The zero-order valence-corrected chi connectivity index (χ0v) is 22.2. The molecule has 218 valence electrons. The lowest BCUT2D eigenvalue weighted by Crippen LogP contribution is -2.30. The molecular weight excluding hydrogens is 557 g/mol. The SMILES string of the molecule is COCC1OC(n2cnc(N)nc2=O)CC1OP(=O)(O)OCC1OC(n2cnc3c(=O)[nH]c(N)nc32)CC1OC. The van der Waals surface area contributed by atoms with Gasteiger partial charge in [-0.05, 0) is 0 Å². The Morgan fingerprint density at radius 3 is 2.42 bits per heavy atom. The molecule has 0 saturated carbocycles. The van der Waals surface area contributed by atoms with Gasteiger partial charge in [0.1, 0.15) is 37.1 Å². The fraction of sp³-hybridized carbons (Fsp3) is 0.600. The van der Waals surface area contributed by atoms with Crippen LogP contribution in [-0.2, 0) is 32.6 Å². The summed E-state index contributed by atoms with van der Waals surface area (Å²) in [6.45, 7) is -0.367. The number of nitrogens with two attached hydrogens (primary N) is 2. The predicted octanol–water partition coefficient (Wildman–Crippen LogP) is -1.33. The molecule has 2 fully saturated rings. The van der Waals surface area contributed by atoms with Gasteiger partial charge in [-0.25, -0.2) is 19.3 Å². The van der Waals surface area contributed by atoms with Crippen LogP contribution in [0.3, 0.4) is 0 Å². The molecule has 40 heavy (non-hydrogen) atoms.